The highest BCUT2D eigenvalue weighted by atomic mass is 32.2. The SMILES string of the molecule is CCn1c(=S)n(CN2CCN(S(=O)(=O)N3CC(C)OC(C)C3)CC2)c2ccccc21. The number of aryl methyl sites for hydroxylation is 1. The molecule has 3 heterocycles. The van der Waals surface area contributed by atoms with Gasteiger partial charge >= 0.3 is 0 Å². The number of rotatable bonds is 5. The molecule has 166 valence electrons. The predicted octanol–water partition coefficient (Wildman–Crippen LogP) is 2.12. The molecule has 0 spiro atoms. The number of nitrogens with zero attached hydrogens (tertiary/aromatic N) is 5. The van der Waals surface area contributed by atoms with Crippen LogP contribution in [-0.2, 0) is 28.2 Å². The van der Waals surface area contributed by atoms with Gasteiger partial charge in [-0.25, -0.2) is 0 Å². The minimum Gasteiger partial charge on any atom is -0.373 e. The van der Waals surface area contributed by atoms with Crippen LogP contribution in [0.2, 0.25) is 0 Å². The molecule has 2 aliphatic heterocycles. The van der Waals surface area contributed by atoms with E-state index in [9.17, 15) is 8.42 Å². The monoisotopic (exact) mass is 453 g/mol. The number of imidazole rings is 1. The number of hydrogen-bond donors (Lipinski definition) is 0. The molecule has 0 saturated carbocycles. The zero-order chi connectivity index (χ0) is 21.5. The van der Waals surface area contributed by atoms with Gasteiger partial charge in [0.2, 0.25) is 0 Å². The lowest BCUT2D eigenvalue weighted by Gasteiger charge is -2.40. The van der Waals surface area contributed by atoms with Gasteiger partial charge < -0.3 is 13.9 Å². The largest absolute Gasteiger partial charge is 0.373 e. The lowest BCUT2D eigenvalue weighted by atomic mass is 10.3. The van der Waals surface area contributed by atoms with Crippen molar-refractivity contribution in [1.82, 2.24) is 22.6 Å². The molecule has 8 nitrogen and oxygen atoms in total. The molecule has 30 heavy (non-hydrogen) atoms. The summed E-state index contributed by atoms with van der Waals surface area (Å²) in [7, 11) is -3.46. The van der Waals surface area contributed by atoms with Gasteiger partial charge in [-0.1, -0.05) is 12.1 Å². The third-order valence-corrected chi connectivity index (χ3v) is 8.36. The van der Waals surface area contributed by atoms with Gasteiger partial charge in [0, 0.05) is 45.8 Å². The van der Waals surface area contributed by atoms with Crippen LogP contribution in [0.5, 0.6) is 0 Å². The molecule has 10 heteroatoms. The third kappa shape index (κ3) is 4.09. The molecule has 2 atom stereocenters. The molecule has 0 N–H and O–H groups in total. The molecular weight excluding hydrogens is 422 g/mol. The lowest BCUT2D eigenvalue weighted by Crippen LogP contribution is -2.57. The van der Waals surface area contributed by atoms with Crippen molar-refractivity contribution in [2.45, 2.75) is 46.2 Å². The van der Waals surface area contributed by atoms with Crippen LogP contribution in [0, 0.1) is 4.77 Å². The molecule has 1 aromatic heterocycles. The van der Waals surface area contributed by atoms with E-state index in [2.05, 4.69) is 33.1 Å². The van der Waals surface area contributed by atoms with E-state index in [-0.39, 0.29) is 12.2 Å². The summed E-state index contributed by atoms with van der Waals surface area (Å²) in [6.07, 6.45) is -0.162. The van der Waals surface area contributed by atoms with Crippen LogP contribution in [0.25, 0.3) is 11.0 Å². The average Bonchev–Trinajstić information content (AvgIpc) is 2.99. The molecule has 2 unspecified atom stereocenters. The molecule has 2 aliphatic rings. The van der Waals surface area contributed by atoms with E-state index in [1.54, 1.807) is 8.61 Å². The van der Waals surface area contributed by atoms with Gasteiger partial charge in [0.1, 0.15) is 0 Å². The van der Waals surface area contributed by atoms with Crippen molar-refractivity contribution in [3.05, 3.63) is 29.0 Å². The highest BCUT2D eigenvalue weighted by molar-refractivity contribution is 7.86. The standard InChI is InChI=1S/C20H31N5O3S2/c1-4-24-18-7-5-6-8-19(18)25(20(24)29)15-21-9-11-22(12-10-21)30(26,27)23-13-16(2)28-17(3)14-23/h5-8,16-17H,4,9-15H2,1-3H3. The predicted molar refractivity (Wildman–Crippen MR) is 120 cm³/mol. The normalized spacial score (nSPS) is 25.2. The Morgan fingerprint density at radius 1 is 0.967 bits per heavy atom. The van der Waals surface area contributed by atoms with Gasteiger partial charge in [-0.3, -0.25) is 4.90 Å². The molecule has 0 amide bonds. The fourth-order valence-electron chi connectivity index (χ4n) is 4.50. The van der Waals surface area contributed by atoms with Gasteiger partial charge in [-0.2, -0.15) is 17.0 Å². The van der Waals surface area contributed by atoms with Crippen LogP contribution >= 0.6 is 12.2 Å². The maximum atomic E-state index is 13.1. The number of fused-ring (bicyclic) bond motifs is 1. The number of morpholine rings is 1. The maximum Gasteiger partial charge on any atom is 0.282 e. The maximum absolute atomic E-state index is 13.1. The van der Waals surface area contributed by atoms with Crippen LogP contribution in [0.1, 0.15) is 20.8 Å². The van der Waals surface area contributed by atoms with Crippen molar-refractivity contribution in [1.29, 1.82) is 0 Å². The summed E-state index contributed by atoms with van der Waals surface area (Å²) in [4.78, 5) is 2.28. The Morgan fingerprint density at radius 2 is 1.53 bits per heavy atom. The highest BCUT2D eigenvalue weighted by Crippen LogP contribution is 2.21. The summed E-state index contributed by atoms with van der Waals surface area (Å²) >= 11 is 5.72. The van der Waals surface area contributed by atoms with Crippen LogP contribution in [0.4, 0.5) is 0 Å². The smallest absolute Gasteiger partial charge is 0.282 e. The topological polar surface area (TPSA) is 63.0 Å². The first-order chi connectivity index (χ1) is 14.3. The van der Waals surface area contributed by atoms with E-state index in [0.29, 0.717) is 45.9 Å². The first-order valence-corrected chi connectivity index (χ1v) is 12.4. The Labute approximate surface area is 183 Å². The molecule has 4 rings (SSSR count). The zero-order valence-electron chi connectivity index (χ0n) is 17.9. The number of para-hydroxylation sites is 2. The summed E-state index contributed by atoms with van der Waals surface area (Å²) in [5.41, 5.74) is 2.26. The van der Waals surface area contributed by atoms with Crippen LogP contribution < -0.4 is 0 Å². The van der Waals surface area contributed by atoms with Crippen LogP contribution in [0.3, 0.4) is 0 Å². The fraction of sp³-hybridized carbons (Fsp3) is 0.650. The van der Waals surface area contributed by atoms with E-state index >= 15 is 0 Å². The quantitative estimate of drug-likeness (QED) is 0.649. The summed E-state index contributed by atoms with van der Waals surface area (Å²) in [6.45, 7) is 10.6. The Bertz CT molecular complexity index is 1050. The van der Waals surface area contributed by atoms with Crippen LogP contribution in [0.15, 0.2) is 24.3 Å². The van der Waals surface area contributed by atoms with Crippen molar-refractivity contribution >= 4 is 33.5 Å². The van der Waals surface area contributed by atoms with Crippen LogP contribution in [-0.4, -0.2) is 82.5 Å². The summed E-state index contributed by atoms with van der Waals surface area (Å²) in [6, 6.07) is 8.26. The van der Waals surface area contributed by atoms with Gasteiger partial charge in [0.05, 0.1) is 29.9 Å². The first kappa shape index (κ1) is 21.9. The summed E-state index contributed by atoms with van der Waals surface area (Å²) < 4.78 is 40.2. The van der Waals surface area contributed by atoms with E-state index in [4.69, 9.17) is 17.0 Å². The van der Waals surface area contributed by atoms with E-state index in [1.165, 1.54) is 0 Å². The number of piperazine rings is 1. The number of aromatic nitrogens is 2. The second-order valence-corrected chi connectivity index (χ2v) is 10.5. The fourth-order valence-corrected chi connectivity index (χ4v) is 6.63. The highest BCUT2D eigenvalue weighted by Gasteiger charge is 2.36. The Hall–Kier alpha value is -1.30. The molecule has 1 aromatic carbocycles. The number of hydrogen-bond acceptors (Lipinski definition) is 5. The Balaban J connectivity index is 1.45. The lowest BCUT2D eigenvalue weighted by molar-refractivity contribution is -0.0458. The van der Waals surface area contributed by atoms with Crippen molar-refractivity contribution in [3.63, 3.8) is 0 Å². The van der Waals surface area contributed by atoms with Gasteiger partial charge in [0.15, 0.2) is 4.77 Å². The zero-order valence-corrected chi connectivity index (χ0v) is 19.5. The second kappa shape index (κ2) is 8.68. The van der Waals surface area contributed by atoms with Gasteiger partial charge in [0.25, 0.3) is 10.2 Å². The van der Waals surface area contributed by atoms with Gasteiger partial charge in [-0.15, -0.1) is 0 Å². The molecule has 2 saturated heterocycles. The summed E-state index contributed by atoms with van der Waals surface area (Å²) in [5, 5.41) is 0. The van der Waals surface area contributed by atoms with E-state index in [0.717, 1.165) is 22.3 Å². The number of ether oxygens (including phenoxy) is 1. The summed E-state index contributed by atoms with van der Waals surface area (Å²) in [5.74, 6) is 0. The Kier molecular flexibility index (Phi) is 6.34. The minimum absolute atomic E-state index is 0.0810. The molecule has 2 aromatic rings. The van der Waals surface area contributed by atoms with Crippen molar-refractivity contribution in [3.8, 4) is 0 Å². The first-order valence-electron chi connectivity index (χ1n) is 10.6. The molecule has 0 bridgehead atoms. The second-order valence-electron chi connectivity index (χ2n) is 8.18. The average molecular weight is 454 g/mol. The molecule has 0 aliphatic carbocycles. The van der Waals surface area contributed by atoms with Crippen molar-refractivity contribution < 1.29 is 13.2 Å². The van der Waals surface area contributed by atoms with E-state index < -0.39 is 10.2 Å². The molecule has 2 fully saturated rings. The molecular formula is C20H31N5O3S2. The van der Waals surface area contributed by atoms with Crippen molar-refractivity contribution in [2.75, 3.05) is 39.3 Å². The molecule has 0 radical (unpaired) electrons. The Morgan fingerprint density at radius 3 is 2.10 bits per heavy atom. The van der Waals surface area contributed by atoms with Gasteiger partial charge in [-0.05, 0) is 45.1 Å². The minimum atomic E-state index is -3.46. The third-order valence-electron chi connectivity index (χ3n) is 5.95. The van der Waals surface area contributed by atoms with Crippen molar-refractivity contribution in [2.24, 2.45) is 0 Å². The number of benzene rings is 1. The van der Waals surface area contributed by atoms with E-state index in [1.807, 2.05) is 26.0 Å².